The van der Waals surface area contributed by atoms with Gasteiger partial charge in [-0.1, -0.05) is 5.16 Å². The van der Waals surface area contributed by atoms with Crippen LogP contribution in [-0.4, -0.2) is 19.5 Å². The average Bonchev–Trinajstić information content (AvgIpc) is 3.39. The number of aryl methyl sites for hydroxylation is 1. The monoisotopic (exact) mass is 422 g/mol. The fourth-order valence-corrected chi connectivity index (χ4v) is 3.46. The Bertz CT molecular complexity index is 1570. The van der Waals surface area contributed by atoms with E-state index < -0.39 is 17.5 Å². The summed E-state index contributed by atoms with van der Waals surface area (Å²) in [5.74, 6) is -2.67. The first-order chi connectivity index (χ1) is 14.9. The molecule has 0 atom stereocenters. The van der Waals surface area contributed by atoms with Crippen molar-refractivity contribution >= 4 is 16.6 Å². The molecule has 0 aliphatic rings. The van der Waals surface area contributed by atoms with Crippen LogP contribution in [0.4, 0.5) is 13.2 Å². The number of halogens is 3. The molecule has 5 rings (SSSR count). The highest BCUT2D eigenvalue weighted by Gasteiger charge is 2.27. The summed E-state index contributed by atoms with van der Waals surface area (Å²) in [5.41, 5.74) is 0.165. The number of nitrogens with zero attached hydrogens (tertiary/aromatic N) is 6. The lowest BCUT2D eigenvalue weighted by atomic mass is 10.1. The summed E-state index contributed by atoms with van der Waals surface area (Å²) in [6, 6.07) is 7.07. The lowest BCUT2D eigenvalue weighted by molar-refractivity contribution is -0.583. The second-order valence-electron chi connectivity index (χ2n) is 6.64. The summed E-state index contributed by atoms with van der Waals surface area (Å²) in [4.78, 5) is 8.35. The summed E-state index contributed by atoms with van der Waals surface area (Å²) in [7, 11) is 0. The molecule has 31 heavy (non-hydrogen) atoms. The molecule has 3 heterocycles. The number of aromatic nitrogens is 5. The Hall–Kier alpha value is -4.46. The van der Waals surface area contributed by atoms with Crippen molar-refractivity contribution < 1.29 is 22.4 Å². The topological polar surface area (TPSA) is 107 Å². The first kappa shape index (κ1) is 18.6. The minimum Gasteiger partial charge on any atom is -0.618 e. The number of fused-ring (bicyclic) bond motifs is 3. The van der Waals surface area contributed by atoms with Gasteiger partial charge in [-0.05, 0) is 24.3 Å². The second kappa shape index (κ2) is 6.53. The zero-order valence-corrected chi connectivity index (χ0v) is 15.6. The quantitative estimate of drug-likeness (QED) is 0.319. The predicted octanol–water partition coefficient (Wildman–Crippen LogP) is 3.44. The van der Waals surface area contributed by atoms with Gasteiger partial charge >= 0.3 is 0 Å². The number of benzene rings is 2. The van der Waals surface area contributed by atoms with Gasteiger partial charge in [-0.2, -0.15) is 15.0 Å². The van der Waals surface area contributed by atoms with Crippen molar-refractivity contribution in [1.82, 2.24) is 19.5 Å². The lowest BCUT2D eigenvalue weighted by Gasteiger charge is -2.09. The molecule has 0 aliphatic heterocycles. The molecule has 0 unspecified atom stereocenters. The molecule has 0 bridgehead atoms. The molecular formula is C20H9F3N6O2. The minimum absolute atomic E-state index is 0.0740. The molecule has 11 heteroatoms. The molecule has 2 aromatic carbocycles. The maximum atomic E-state index is 14.1. The molecule has 3 aromatic heterocycles. The molecule has 0 radical (unpaired) electrons. The minimum atomic E-state index is -0.868. The highest BCUT2D eigenvalue weighted by molar-refractivity contribution is 5.85. The molecule has 0 N–H and O–H groups in total. The zero-order chi connectivity index (χ0) is 21.9. The number of rotatable bonds is 2. The van der Waals surface area contributed by atoms with Crippen LogP contribution in [0.2, 0.25) is 0 Å². The molecular weight excluding hydrogens is 413 g/mol. The molecule has 0 spiro atoms. The highest BCUT2D eigenvalue weighted by Crippen LogP contribution is 2.30. The smallest absolute Gasteiger partial charge is 0.279 e. The van der Waals surface area contributed by atoms with Crippen LogP contribution in [0.15, 0.2) is 41.2 Å². The fourth-order valence-electron chi connectivity index (χ4n) is 3.46. The van der Waals surface area contributed by atoms with Crippen molar-refractivity contribution in [3.63, 3.8) is 0 Å². The van der Waals surface area contributed by atoms with Crippen molar-refractivity contribution in [2.24, 2.45) is 0 Å². The van der Waals surface area contributed by atoms with Gasteiger partial charge in [0.25, 0.3) is 11.4 Å². The van der Waals surface area contributed by atoms with E-state index in [1.807, 2.05) is 0 Å². The first-order valence-corrected chi connectivity index (χ1v) is 8.81. The number of hydrogen-bond acceptors (Lipinski definition) is 6. The van der Waals surface area contributed by atoms with Gasteiger partial charge in [0.1, 0.15) is 40.9 Å². The van der Waals surface area contributed by atoms with Crippen LogP contribution < -0.4 is 4.73 Å². The van der Waals surface area contributed by atoms with Crippen LogP contribution in [-0.2, 0) is 0 Å². The van der Waals surface area contributed by atoms with Gasteiger partial charge < -0.3 is 9.73 Å². The third kappa shape index (κ3) is 2.62. The highest BCUT2D eigenvalue weighted by atomic mass is 19.1. The van der Waals surface area contributed by atoms with Gasteiger partial charge in [-0.15, -0.1) is 0 Å². The van der Waals surface area contributed by atoms with Crippen molar-refractivity contribution in [3.8, 4) is 29.0 Å². The van der Waals surface area contributed by atoms with E-state index in [1.165, 1.54) is 29.8 Å². The van der Waals surface area contributed by atoms with Crippen LogP contribution in [0, 0.1) is 40.9 Å². The van der Waals surface area contributed by atoms with Gasteiger partial charge in [0.05, 0.1) is 5.56 Å². The van der Waals surface area contributed by atoms with Gasteiger partial charge in [0.2, 0.25) is 11.5 Å². The first-order valence-electron chi connectivity index (χ1n) is 8.81. The van der Waals surface area contributed by atoms with E-state index >= 15 is 0 Å². The molecule has 8 nitrogen and oxygen atoms in total. The second-order valence-corrected chi connectivity index (χ2v) is 6.64. The summed E-state index contributed by atoms with van der Waals surface area (Å²) in [5, 5.41) is 25.9. The Kier molecular flexibility index (Phi) is 3.91. The molecule has 0 amide bonds. The third-order valence-corrected chi connectivity index (χ3v) is 4.90. The zero-order valence-electron chi connectivity index (χ0n) is 15.6. The van der Waals surface area contributed by atoms with Crippen molar-refractivity contribution in [2.45, 2.75) is 6.92 Å². The van der Waals surface area contributed by atoms with Gasteiger partial charge in [-0.25, -0.2) is 18.2 Å². The van der Waals surface area contributed by atoms with E-state index in [-0.39, 0.29) is 50.8 Å². The lowest BCUT2D eigenvalue weighted by Crippen LogP contribution is -2.33. The number of imidazole rings is 1. The molecule has 0 fully saturated rings. The van der Waals surface area contributed by atoms with Crippen LogP contribution in [0.25, 0.3) is 39.5 Å². The largest absolute Gasteiger partial charge is 0.618 e. The molecule has 152 valence electrons. The maximum absolute atomic E-state index is 14.1. The van der Waals surface area contributed by atoms with Gasteiger partial charge in [0, 0.05) is 13.0 Å². The third-order valence-electron chi connectivity index (χ3n) is 4.90. The average molecular weight is 422 g/mol. The van der Waals surface area contributed by atoms with E-state index in [2.05, 4.69) is 15.1 Å². The normalized spacial score (nSPS) is 11.3. The Labute approximate surface area is 171 Å². The Morgan fingerprint density at radius 2 is 1.97 bits per heavy atom. The van der Waals surface area contributed by atoms with E-state index in [9.17, 15) is 23.6 Å². The summed E-state index contributed by atoms with van der Waals surface area (Å²) in [6.45, 7) is 1.47. The van der Waals surface area contributed by atoms with Crippen LogP contribution in [0.1, 0.15) is 11.3 Å². The SMILES string of the molecule is Cc1c2c(-c3nc(-c4ccc(F)cc4F)no3)ncn2c2ccc(F)c(C#N)c2[n+]1[O-]. The number of hydrogen-bond donors (Lipinski definition) is 0. The van der Waals surface area contributed by atoms with Gasteiger partial charge in [-0.3, -0.25) is 4.40 Å². The van der Waals surface area contributed by atoms with Crippen molar-refractivity contribution in [1.29, 1.82) is 5.26 Å². The summed E-state index contributed by atoms with van der Waals surface area (Å²) in [6.07, 6.45) is 1.36. The number of nitriles is 1. The summed E-state index contributed by atoms with van der Waals surface area (Å²) < 4.78 is 48.4. The molecule has 0 saturated heterocycles. The Balaban J connectivity index is 1.75. The van der Waals surface area contributed by atoms with Crippen LogP contribution in [0.3, 0.4) is 0 Å². The van der Waals surface area contributed by atoms with E-state index in [0.29, 0.717) is 10.8 Å². The van der Waals surface area contributed by atoms with Crippen LogP contribution in [0.5, 0.6) is 0 Å². The molecule has 0 aliphatic carbocycles. The Morgan fingerprint density at radius 1 is 1.16 bits per heavy atom. The molecule has 5 aromatic rings. The summed E-state index contributed by atoms with van der Waals surface area (Å²) >= 11 is 0. The van der Waals surface area contributed by atoms with E-state index in [0.717, 1.165) is 12.1 Å². The molecule has 0 saturated carbocycles. The fraction of sp³-hybridized carbons (Fsp3) is 0.0500. The Morgan fingerprint density at radius 3 is 2.71 bits per heavy atom. The van der Waals surface area contributed by atoms with E-state index in [1.54, 1.807) is 6.07 Å². The maximum Gasteiger partial charge on any atom is 0.279 e. The van der Waals surface area contributed by atoms with Gasteiger partial charge in [0.15, 0.2) is 11.3 Å². The van der Waals surface area contributed by atoms with Crippen LogP contribution >= 0.6 is 0 Å². The van der Waals surface area contributed by atoms with E-state index in [4.69, 9.17) is 4.52 Å². The predicted molar refractivity (Wildman–Crippen MR) is 99.7 cm³/mol. The van der Waals surface area contributed by atoms with Crippen molar-refractivity contribution in [2.75, 3.05) is 0 Å². The standard InChI is InChI=1S/C20H9F3N6O2/c1-9-17-16(20-26-19(27-31-20)11-3-2-10(21)6-14(11)23)25-8-28(17)15-5-4-13(22)12(7-24)18(15)29(9)30/h2-6,8H,1H3. The van der Waals surface area contributed by atoms with Crippen molar-refractivity contribution in [3.05, 3.63) is 70.6 Å².